The molecule has 0 spiro atoms. The molecular formula is C26H31ClN6O3. The minimum Gasteiger partial charge on any atom is -0.396 e. The smallest absolute Gasteiger partial charge is 0.329 e. The third-order valence-corrected chi connectivity index (χ3v) is 7.18. The lowest BCUT2D eigenvalue weighted by Crippen LogP contribution is -2.23. The van der Waals surface area contributed by atoms with Gasteiger partial charge < -0.3 is 21.5 Å². The number of aliphatic hydroxyl groups excluding tert-OH is 1. The Morgan fingerprint density at radius 1 is 1.11 bits per heavy atom. The molecule has 2 aromatic carbocycles. The van der Waals surface area contributed by atoms with E-state index in [1.807, 2.05) is 42.5 Å². The topological polar surface area (TPSA) is 139 Å². The molecule has 1 heterocycles. The molecule has 1 fully saturated rings. The van der Waals surface area contributed by atoms with Crippen molar-refractivity contribution in [3.05, 3.63) is 74.9 Å². The summed E-state index contributed by atoms with van der Waals surface area (Å²) in [7, 11) is 0. The van der Waals surface area contributed by atoms with E-state index in [4.69, 9.17) is 17.3 Å². The Bertz CT molecular complexity index is 1200. The van der Waals surface area contributed by atoms with Crippen LogP contribution in [0.1, 0.15) is 36.8 Å². The van der Waals surface area contributed by atoms with Gasteiger partial charge in [-0.1, -0.05) is 48.0 Å². The predicted molar refractivity (Wildman–Crippen MR) is 142 cm³/mol. The number of nitrogens with one attached hydrogen (secondary N) is 2. The number of rotatable bonds is 10. The molecule has 3 aromatic rings. The highest BCUT2D eigenvalue weighted by atomic mass is 35.5. The molecule has 0 aliphatic heterocycles. The fourth-order valence-corrected chi connectivity index (χ4v) is 4.86. The van der Waals surface area contributed by atoms with Crippen molar-refractivity contribution in [3.8, 4) is 11.1 Å². The fourth-order valence-electron chi connectivity index (χ4n) is 4.56. The van der Waals surface area contributed by atoms with Gasteiger partial charge in [-0.15, -0.1) is 0 Å². The summed E-state index contributed by atoms with van der Waals surface area (Å²) >= 11 is 6.73. The van der Waals surface area contributed by atoms with Crippen LogP contribution in [0.5, 0.6) is 0 Å². The van der Waals surface area contributed by atoms with Gasteiger partial charge in [0.15, 0.2) is 0 Å². The minimum atomic E-state index is -0.482. The molecule has 5 N–H and O–H groups in total. The number of nitrogens with two attached hydrogens (primary N) is 1. The van der Waals surface area contributed by atoms with Crippen molar-refractivity contribution < 1.29 is 10.0 Å². The number of anilines is 2. The lowest BCUT2D eigenvalue weighted by molar-refractivity contribution is -0.384. The zero-order valence-electron chi connectivity index (χ0n) is 20.0. The van der Waals surface area contributed by atoms with Crippen LogP contribution in [0.15, 0.2) is 48.7 Å². The number of hydrogen-bond acceptors (Lipinski definition) is 8. The highest BCUT2D eigenvalue weighted by Gasteiger charge is 2.23. The van der Waals surface area contributed by atoms with Gasteiger partial charge in [-0.3, -0.25) is 10.1 Å². The molecule has 0 atom stereocenters. The molecule has 1 saturated carbocycles. The summed E-state index contributed by atoms with van der Waals surface area (Å²) in [5, 5.41) is 27.8. The van der Waals surface area contributed by atoms with Crippen LogP contribution in [0.3, 0.4) is 0 Å². The van der Waals surface area contributed by atoms with Crippen molar-refractivity contribution in [2.24, 2.45) is 17.6 Å². The quantitative estimate of drug-likeness (QED) is 0.221. The molecule has 1 aliphatic carbocycles. The minimum absolute atomic E-state index is 0.163. The fraction of sp³-hybridized carbons (Fsp3) is 0.385. The number of benzene rings is 2. The molecule has 1 aromatic heterocycles. The molecule has 36 heavy (non-hydrogen) atoms. The Hall–Kier alpha value is -3.27. The molecule has 10 heteroatoms. The average molecular weight is 511 g/mol. The van der Waals surface area contributed by atoms with Gasteiger partial charge in [-0.05, 0) is 60.3 Å². The Labute approximate surface area is 215 Å². The third kappa shape index (κ3) is 6.29. The van der Waals surface area contributed by atoms with Crippen LogP contribution in [-0.4, -0.2) is 33.1 Å². The Balaban J connectivity index is 1.45. The second-order valence-electron chi connectivity index (χ2n) is 9.17. The third-order valence-electron chi connectivity index (χ3n) is 6.74. The zero-order chi connectivity index (χ0) is 25.5. The SMILES string of the molecule is NCc1cccc(-c2cccc(CNc3ncc([N+](=O)[O-])c(NCC4CCC(CO)CC4)n3)c2Cl)c1. The lowest BCUT2D eigenvalue weighted by Gasteiger charge is -2.27. The summed E-state index contributed by atoms with van der Waals surface area (Å²) in [6.45, 7) is 1.61. The van der Waals surface area contributed by atoms with Crippen molar-refractivity contribution in [3.63, 3.8) is 0 Å². The summed E-state index contributed by atoms with van der Waals surface area (Å²) in [4.78, 5) is 19.6. The number of aliphatic hydroxyl groups is 1. The highest BCUT2D eigenvalue weighted by molar-refractivity contribution is 6.34. The monoisotopic (exact) mass is 510 g/mol. The van der Waals surface area contributed by atoms with E-state index in [-0.39, 0.29) is 24.1 Å². The van der Waals surface area contributed by atoms with E-state index in [9.17, 15) is 15.2 Å². The van der Waals surface area contributed by atoms with Gasteiger partial charge in [-0.25, -0.2) is 4.98 Å². The van der Waals surface area contributed by atoms with Crippen molar-refractivity contribution in [1.82, 2.24) is 9.97 Å². The van der Waals surface area contributed by atoms with E-state index in [1.165, 1.54) is 6.20 Å². The standard InChI is InChI=1S/C26H31ClN6O3/c27-24-21(5-2-6-22(24)20-4-1-3-19(11-20)12-28)14-30-26-31-15-23(33(35)36)25(32-26)29-13-17-7-9-18(16-34)10-8-17/h1-6,11,15,17-18,34H,7-10,12-14,16,28H2,(H2,29,30,31,32). The first-order valence-electron chi connectivity index (χ1n) is 12.1. The maximum atomic E-state index is 11.5. The number of nitrogens with zero attached hydrogens (tertiary/aromatic N) is 3. The van der Waals surface area contributed by atoms with E-state index < -0.39 is 4.92 Å². The van der Waals surface area contributed by atoms with Crippen LogP contribution in [0.4, 0.5) is 17.5 Å². The van der Waals surface area contributed by atoms with Gasteiger partial charge in [0.2, 0.25) is 11.8 Å². The maximum absolute atomic E-state index is 11.5. The Kier molecular flexibility index (Phi) is 8.69. The number of hydrogen-bond donors (Lipinski definition) is 4. The van der Waals surface area contributed by atoms with Crippen LogP contribution in [0, 0.1) is 22.0 Å². The molecule has 190 valence electrons. The van der Waals surface area contributed by atoms with Crippen LogP contribution in [-0.2, 0) is 13.1 Å². The predicted octanol–water partition coefficient (Wildman–Crippen LogP) is 4.99. The van der Waals surface area contributed by atoms with Crippen molar-refractivity contribution in [1.29, 1.82) is 0 Å². The van der Waals surface area contributed by atoms with Crippen molar-refractivity contribution in [2.45, 2.75) is 38.8 Å². The highest BCUT2D eigenvalue weighted by Crippen LogP contribution is 2.32. The molecule has 0 saturated heterocycles. The number of aromatic nitrogens is 2. The molecule has 0 bridgehead atoms. The van der Waals surface area contributed by atoms with Crippen LogP contribution in [0.25, 0.3) is 11.1 Å². The largest absolute Gasteiger partial charge is 0.396 e. The van der Waals surface area contributed by atoms with E-state index >= 15 is 0 Å². The number of halogens is 1. The van der Waals surface area contributed by atoms with E-state index in [0.717, 1.165) is 47.9 Å². The van der Waals surface area contributed by atoms with Gasteiger partial charge in [0.05, 0.1) is 9.95 Å². The summed E-state index contributed by atoms with van der Waals surface area (Å²) < 4.78 is 0. The van der Waals surface area contributed by atoms with Crippen LogP contribution >= 0.6 is 11.6 Å². The first-order valence-corrected chi connectivity index (χ1v) is 12.5. The Morgan fingerprint density at radius 3 is 2.58 bits per heavy atom. The Morgan fingerprint density at radius 2 is 1.86 bits per heavy atom. The second-order valence-corrected chi connectivity index (χ2v) is 9.55. The average Bonchev–Trinajstić information content (AvgIpc) is 2.91. The molecule has 0 amide bonds. The summed E-state index contributed by atoms with van der Waals surface area (Å²) in [6.07, 6.45) is 5.11. The summed E-state index contributed by atoms with van der Waals surface area (Å²) in [5.41, 5.74) is 9.37. The normalized spacial score (nSPS) is 17.5. The van der Waals surface area contributed by atoms with Crippen LogP contribution < -0.4 is 16.4 Å². The first kappa shape index (κ1) is 25.8. The molecule has 1 aliphatic rings. The van der Waals surface area contributed by atoms with Gasteiger partial charge in [0, 0.05) is 31.8 Å². The molecular weight excluding hydrogens is 480 g/mol. The van der Waals surface area contributed by atoms with E-state index in [0.29, 0.717) is 36.5 Å². The van der Waals surface area contributed by atoms with Crippen molar-refractivity contribution in [2.75, 3.05) is 23.8 Å². The molecule has 0 unspecified atom stereocenters. The molecule has 0 radical (unpaired) electrons. The van der Waals surface area contributed by atoms with E-state index in [2.05, 4.69) is 20.6 Å². The van der Waals surface area contributed by atoms with Gasteiger partial charge in [0.1, 0.15) is 6.20 Å². The van der Waals surface area contributed by atoms with Gasteiger partial charge >= 0.3 is 5.69 Å². The van der Waals surface area contributed by atoms with E-state index in [1.54, 1.807) is 0 Å². The molecule has 4 rings (SSSR count). The number of nitro groups is 1. The summed E-state index contributed by atoms with van der Waals surface area (Å²) in [6, 6.07) is 13.7. The van der Waals surface area contributed by atoms with Crippen LogP contribution in [0.2, 0.25) is 5.02 Å². The first-order chi connectivity index (χ1) is 17.5. The summed E-state index contributed by atoms with van der Waals surface area (Å²) in [5.74, 6) is 1.22. The molecule has 9 nitrogen and oxygen atoms in total. The lowest BCUT2D eigenvalue weighted by atomic mass is 9.82. The van der Waals surface area contributed by atoms with Crippen molar-refractivity contribution >= 4 is 29.1 Å². The van der Waals surface area contributed by atoms with Gasteiger partial charge in [-0.2, -0.15) is 4.98 Å². The maximum Gasteiger partial charge on any atom is 0.329 e. The second kappa shape index (κ2) is 12.1. The zero-order valence-corrected chi connectivity index (χ0v) is 20.7. The van der Waals surface area contributed by atoms with Gasteiger partial charge in [0.25, 0.3) is 0 Å².